The van der Waals surface area contributed by atoms with E-state index in [4.69, 9.17) is 10.2 Å². The monoisotopic (exact) mass is 294 g/mol. The first-order chi connectivity index (χ1) is 10.7. The van der Waals surface area contributed by atoms with Gasteiger partial charge in [0.05, 0.1) is 6.26 Å². The van der Waals surface area contributed by atoms with E-state index in [0.717, 1.165) is 0 Å². The lowest BCUT2D eigenvalue weighted by Crippen LogP contribution is -2.05. The molecule has 0 spiro atoms. The summed E-state index contributed by atoms with van der Waals surface area (Å²) >= 11 is 0. The molecule has 3 aromatic heterocycles. The molecule has 3 N–H and O–H groups in total. The van der Waals surface area contributed by atoms with E-state index in [1.54, 1.807) is 42.7 Å². The molecule has 108 valence electrons. The van der Waals surface area contributed by atoms with Crippen molar-refractivity contribution in [3.63, 3.8) is 0 Å². The largest absolute Gasteiger partial charge is 0.508 e. The van der Waals surface area contributed by atoms with Gasteiger partial charge in [0.25, 0.3) is 0 Å². The highest BCUT2D eigenvalue weighted by molar-refractivity contribution is 5.77. The second-order valence-electron chi connectivity index (χ2n) is 4.62. The van der Waals surface area contributed by atoms with Crippen molar-refractivity contribution in [1.29, 1.82) is 0 Å². The molecule has 0 aliphatic carbocycles. The van der Waals surface area contributed by atoms with Gasteiger partial charge < -0.3 is 15.3 Å². The van der Waals surface area contributed by atoms with Crippen molar-refractivity contribution in [2.45, 2.75) is 0 Å². The van der Waals surface area contributed by atoms with Crippen LogP contribution >= 0.6 is 0 Å². The quantitative estimate of drug-likeness (QED) is 0.578. The van der Waals surface area contributed by atoms with Crippen molar-refractivity contribution < 1.29 is 9.52 Å². The van der Waals surface area contributed by atoms with Crippen molar-refractivity contribution in [2.75, 3.05) is 5.73 Å². The lowest BCUT2D eigenvalue weighted by Gasteiger charge is -2.04. The number of aromatic hydroxyl groups is 1. The number of phenolic OH excluding ortho intramolecular Hbond substituents is 1. The van der Waals surface area contributed by atoms with E-state index in [1.165, 1.54) is 4.68 Å². The van der Waals surface area contributed by atoms with E-state index in [9.17, 15) is 5.11 Å². The third-order valence-corrected chi connectivity index (χ3v) is 3.15. The molecular weight excluding hydrogens is 284 g/mol. The first-order valence-electron chi connectivity index (χ1n) is 6.44. The zero-order valence-corrected chi connectivity index (χ0v) is 11.2. The fraction of sp³-hybridized carbons (Fsp3) is 0. The summed E-state index contributed by atoms with van der Waals surface area (Å²) in [5.74, 6) is 1.21. The Hall–Kier alpha value is -3.42. The van der Waals surface area contributed by atoms with Crippen molar-refractivity contribution in [3.8, 4) is 23.0 Å². The van der Waals surface area contributed by atoms with Crippen LogP contribution in [0, 0.1) is 0 Å². The topological polar surface area (TPSA) is 116 Å². The first kappa shape index (κ1) is 12.3. The number of nitrogen functional groups attached to an aromatic ring is 1. The number of nitrogens with two attached hydrogens (primary N) is 1. The molecule has 1 aromatic carbocycles. The van der Waals surface area contributed by atoms with Gasteiger partial charge in [-0.25, -0.2) is 4.98 Å². The van der Waals surface area contributed by atoms with Crippen LogP contribution in [0.1, 0.15) is 0 Å². The molecule has 4 aromatic rings. The minimum atomic E-state index is 0.0905. The van der Waals surface area contributed by atoms with Gasteiger partial charge in [0.2, 0.25) is 5.95 Å². The molecule has 0 fully saturated rings. The Morgan fingerprint density at radius 2 is 2.05 bits per heavy atom. The highest BCUT2D eigenvalue weighted by atomic mass is 16.3. The van der Waals surface area contributed by atoms with E-state index in [0.29, 0.717) is 28.3 Å². The predicted molar refractivity (Wildman–Crippen MR) is 78.2 cm³/mol. The number of benzene rings is 1. The molecule has 0 amide bonds. The van der Waals surface area contributed by atoms with Gasteiger partial charge in [-0.3, -0.25) is 0 Å². The zero-order valence-electron chi connectivity index (χ0n) is 11.2. The minimum Gasteiger partial charge on any atom is -0.508 e. The van der Waals surface area contributed by atoms with Crippen molar-refractivity contribution >= 4 is 17.0 Å². The SMILES string of the molecule is Nc1nc(-c2ccco2)cc(-n2nnc3ccc(O)cc32)n1. The number of furan rings is 1. The predicted octanol–water partition coefficient (Wildman–Crippen LogP) is 1.76. The number of rotatable bonds is 2. The number of nitrogens with zero attached hydrogens (tertiary/aromatic N) is 5. The molecule has 0 aliphatic heterocycles. The molecule has 0 aliphatic rings. The smallest absolute Gasteiger partial charge is 0.222 e. The molecule has 0 atom stereocenters. The maximum absolute atomic E-state index is 9.64. The number of hydrogen-bond donors (Lipinski definition) is 2. The van der Waals surface area contributed by atoms with Crippen LogP contribution < -0.4 is 5.73 Å². The van der Waals surface area contributed by atoms with Gasteiger partial charge >= 0.3 is 0 Å². The average molecular weight is 294 g/mol. The summed E-state index contributed by atoms with van der Waals surface area (Å²) in [4.78, 5) is 8.32. The third-order valence-electron chi connectivity index (χ3n) is 3.15. The number of hydrogen-bond acceptors (Lipinski definition) is 7. The molecule has 0 unspecified atom stereocenters. The van der Waals surface area contributed by atoms with E-state index in [-0.39, 0.29) is 11.7 Å². The summed E-state index contributed by atoms with van der Waals surface area (Å²) in [6.45, 7) is 0. The second-order valence-corrected chi connectivity index (χ2v) is 4.62. The highest BCUT2D eigenvalue weighted by Gasteiger charge is 2.12. The van der Waals surface area contributed by atoms with Gasteiger partial charge in [0.1, 0.15) is 22.5 Å². The van der Waals surface area contributed by atoms with Crippen LogP contribution in [-0.2, 0) is 0 Å². The van der Waals surface area contributed by atoms with Gasteiger partial charge in [-0.2, -0.15) is 9.67 Å². The molecule has 0 radical (unpaired) electrons. The van der Waals surface area contributed by atoms with Gasteiger partial charge in [0.15, 0.2) is 11.6 Å². The van der Waals surface area contributed by atoms with Gasteiger partial charge in [0, 0.05) is 12.1 Å². The van der Waals surface area contributed by atoms with Crippen molar-refractivity contribution in [2.24, 2.45) is 0 Å². The van der Waals surface area contributed by atoms with Gasteiger partial charge in [-0.05, 0) is 24.3 Å². The Bertz CT molecular complexity index is 961. The van der Waals surface area contributed by atoms with Crippen LogP contribution in [0.3, 0.4) is 0 Å². The van der Waals surface area contributed by atoms with Crippen LogP contribution in [0.4, 0.5) is 5.95 Å². The molecule has 8 nitrogen and oxygen atoms in total. The maximum Gasteiger partial charge on any atom is 0.222 e. The molecule has 8 heteroatoms. The lowest BCUT2D eigenvalue weighted by molar-refractivity contribution is 0.476. The Morgan fingerprint density at radius 1 is 1.14 bits per heavy atom. The fourth-order valence-electron chi connectivity index (χ4n) is 2.19. The molecule has 0 saturated carbocycles. The Labute approximate surface area is 123 Å². The van der Waals surface area contributed by atoms with E-state index < -0.39 is 0 Å². The fourth-order valence-corrected chi connectivity index (χ4v) is 2.19. The van der Waals surface area contributed by atoms with E-state index in [2.05, 4.69) is 20.3 Å². The molecule has 4 rings (SSSR count). The third kappa shape index (κ3) is 1.94. The standard InChI is InChI=1S/C14H10N6O2/c15-14-16-10(12-2-1-5-22-12)7-13(17-14)20-11-6-8(21)3-4-9(11)18-19-20/h1-7,21H,(H2,15,16,17). The van der Waals surface area contributed by atoms with Gasteiger partial charge in [-0.15, -0.1) is 5.10 Å². The maximum atomic E-state index is 9.64. The summed E-state index contributed by atoms with van der Waals surface area (Å²) in [5, 5.41) is 17.7. The van der Waals surface area contributed by atoms with Crippen molar-refractivity contribution in [1.82, 2.24) is 25.0 Å². The number of aromatic nitrogens is 5. The van der Waals surface area contributed by atoms with E-state index in [1.807, 2.05) is 0 Å². The summed E-state index contributed by atoms with van der Waals surface area (Å²) in [5.41, 5.74) is 7.56. The minimum absolute atomic E-state index is 0.0905. The summed E-state index contributed by atoms with van der Waals surface area (Å²) < 4.78 is 6.81. The number of fused-ring (bicyclic) bond motifs is 1. The lowest BCUT2D eigenvalue weighted by atomic mass is 10.3. The normalized spacial score (nSPS) is 11.1. The Balaban J connectivity index is 1.93. The van der Waals surface area contributed by atoms with Crippen molar-refractivity contribution in [3.05, 3.63) is 42.7 Å². The average Bonchev–Trinajstić information content (AvgIpc) is 3.16. The van der Waals surface area contributed by atoms with Crippen LogP contribution in [0.5, 0.6) is 5.75 Å². The molecule has 0 bridgehead atoms. The molecule has 22 heavy (non-hydrogen) atoms. The molecule has 3 heterocycles. The number of anilines is 1. The summed E-state index contributed by atoms with van der Waals surface area (Å²) in [6.07, 6.45) is 1.55. The summed E-state index contributed by atoms with van der Waals surface area (Å²) in [6, 6.07) is 10.00. The van der Waals surface area contributed by atoms with Crippen LogP contribution in [0.25, 0.3) is 28.3 Å². The Morgan fingerprint density at radius 3 is 2.86 bits per heavy atom. The molecular formula is C14H10N6O2. The number of phenols is 1. The van der Waals surface area contributed by atoms with Crippen LogP contribution in [0.15, 0.2) is 47.1 Å². The zero-order chi connectivity index (χ0) is 15.1. The van der Waals surface area contributed by atoms with E-state index >= 15 is 0 Å². The first-order valence-corrected chi connectivity index (χ1v) is 6.44. The van der Waals surface area contributed by atoms with Crippen LogP contribution in [0.2, 0.25) is 0 Å². The van der Waals surface area contributed by atoms with Gasteiger partial charge in [-0.1, -0.05) is 5.21 Å². The Kier molecular flexibility index (Phi) is 2.55. The molecule has 0 saturated heterocycles. The van der Waals surface area contributed by atoms with Crippen LogP contribution in [-0.4, -0.2) is 30.1 Å². The summed E-state index contributed by atoms with van der Waals surface area (Å²) in [7, 11) is 0. The highest BCUT2D eigenvalue weighted by Crippen LogP contribution is 2.23. The second kappa shape index (κ2) is 4.55.